The molecule has 0 bridgehead atoms. The molecule has 0 rings (SSSR count). The van der Waals surface area contributed by atoms with Gasteiger partial charge in [-0.25, -0.2) is 0 Å². The van der Waals surface area contributed by atoms with Crippen molar-refractivity contribution in [2.45, 2.75) is 39.5 Å². The first-order valence-corrected chi connectivity index (χ1v) is 7.74. The summed E-state index contributed by atoms with van der Waals surface area (Å²) in [6.45, 7) is 2.59. The molecule has 14 heavy (non-hydrogen) atoms. The Bertz CT molecular complexity index is 166. The van der Waals surface area contributed by atoms with Crippen LogP contribution in [0.5, 0.6) is 0 Å². The van der Waals surface area contributed by atoms with Crippen LogP contribution in [-0.2, 0) is 24.9 Å². The summed E-state index contributed by atoms with van der Waals surface area (Å²) < 4.78 is 15.2. The Balaban J connectivity index is 3.74. The van der Waals surface area contributed by atoms with E-state index in [2.05, 4.69) is 17.9 Å². The predicted molar refractivity (Wildman–Crippen MR) is 62.9 cm³/mol. The van der Waals surface area contributed by atoms with Crippen LogP contribution in [0.4, 0.5) is 0 Å². The second-order valence-corrected chi connectivity index (χ2v) is 6.19. The van der Waals surface area contributed by atoms with E-state index in [0.29, 0.717) is 13.2 Å². The summed E-state index contributed by atoms with van der Waals surface area (Å²) in [6.07, 6.45) is 3.98. The smallest absolute Gasteiger partial charge is 0.308 e. The van der Waals surface area contributed by atoms with Crippen molar-refractivity contribution < 1.29 is 13.1 Å². The summed E-state index contributed by atoms with van der Waals surface area (Å²) in [4.78, 5) is 0. The molecule has 0 amide bonds. The quantitative estimate of drug-likeness (QED) is 0.462. The first-order valence-electron chi connectivity index (χ1n) is 4.88. The Labute approximate surface area is 96.5 Å². The molecular formula is C8H18ClO3PS. The van der Waals surface area contributed by atoms with Gasteiger partial charge in [0.25, 0.3) is 0 Å². The fourth-order valence-corrected chi connectivity index (χ4v) is 2.26. The van der Waals surface area contributed by atoms with Crippen LogP contribution in [0.2, 0.25) is 0 Å². The van der Waals surface area contributed by atoms with E-state index in [1.54, 1.807) is 0 Å². The molecule has 0 spiro atoms. The van der Waals surface area contributed by atoms with Gasteiger partial charge >= 0.3 is 6.72 Å². The maximum absolute atomic E-state index is 5.32. The van der Waals surface area contributed by atoms with Gasteiger partial charge in [-0.15, -0.1) is 0 Å². The molecule has 0 saturated heterocycles. The lowest BCUT2D eigenvalue weighted by atomic mass is 10.4. The summed E-state index contributed by atoms with van der Waals surface area (Å²) in [5, 5.41) is 0. The normalized spacial score (nSPS) is 11.9. The van der Waals surface area contributed by atoms with Gasteiger partial charge in [0, 0.05) is 0 Å². The molecule has 6 heteroatoms. The number of hydrogen-bond acceptors (Lipinski definition) is 4. The highest BCUT2D eigenvalue weighted by Gasteiger charge is 2.19. The van der Waals surface area contributed by atoms with Gasteiger partial charge in [0.05, 0.1) is 25.1 Å². The molecular weight excluding hydrogens is 243 g/mol. The standard InChI is InChI=1S/C8H18ClO3PS/c1-3-5-7-10-13(14,12-9)11-8-6-4-2/h3-8H2,1-2H3. The molecule has 0 fully saturated rings. The van der Waals surface area contributed by atoms with E-state index in [0.717, 1.165) is 25.7 Å². The van der Waals surface area contributed by atoms with Crippen molar-refractivity contribution in [1.29, 1.82) is 0 Å². The summed E-state index contributed by atoms with van der Waals surface area (Å²) in [5.74, 6) is 0. The average Bonchev–Trinajstić information content (AvgIpc) is 2.19. The third kappa shape index (κ3) is 7.16. The van der Waals surface area contributed by atoms with Gasteiger partial charge in [-0.3, -0.25) is 0 Å². The molecule has 86 valence electrons. The van der Waals surface area contributed by atoms with E-state index in [9.17, 15) is 0 Å². The molecule has 0 aliphatic carbocycles. The molecule has 0 atom stereocenters. The maximum atomic E-state index is 5.32. The Morgan fingerprint density at radius 3 is 1.79 bits per heavy atom. The van der Waals surface area contributed by atoms with Crippen LogP contribution in [0, 0.1) is 0 Å². The lowest BCUT2D eigenvalue weighted by molar-refractivity contribution is 0.201. The minimum absolute atomic E-state index is 0.548. The minimum Gasteiger partial charge on any atom is -0.308 e. The molecule has 0 radical (unpaired) electrons. The number of unbranched alkanes of at least 4 members (excludes halogenated alkanes) is 2. The van der Waals surface area contributed by atoms with E-state index in [1.807, 2.05) is 0 Å². The second-order valence-electron chi connectivity index (χ2n) is 2.89. The van der Waals surface area contributed by atoms with Crippen molar-refractivity contribution in [3.63, 3.8) is 0 Å². The molecule has 0 heterocycles. The van der Waals surface area contributed by atoms with E-state index < -0.39 is 6.72 Å². The van der Waals surface area contributed by atoms with Gasteiger partial charge in [0.15, 0.2) is 0 Å². The second kappa shape index (κ2) is 9.08. The molecule has 0 N–H and O–H groups in total. The summed E-state index contributed by atoms with van der Waals surface area (Å²) in [6, 6.07) is 0. The molecule has 0 aromatic rings. The number of rotatable bonds is 9. The first-order chi connectivity index (χ1) is 6.68. The van der Waals surface area contributed by atoms with Crippen LogP contribution < -0.4 is 0 Å². The van der Waals surface area contributed by atoms with Gasteiger partial charge in [-0.1, -0.05) is 26.7 Å². The summed E-state index contributed by atoms with van der Waals surface area (Å²) >= 11 is 10.3. The van der Waals surface area contributed by atoms with E-state index >= 15 is 0 Å². The van der Waals surface area contributed by atoms with E-state index in [4.69, 9.17) is 32.7 Å². The zero-order chi connectivity index (χ0) is 10.9. The van der Waals surface area contributed by atoms with Crippen molar-refractivity contribution in [2.75, 3.05) is 13.2 Å². The fraction of sp³-hybridized carbons (Fsp3) is 1.00. The summed E-state index contributed by atoms with van der Waals surface area (Å²) in [7, 11) is 0. The van der Waals surface area contributed by atoms with Crippen molar-refractivity contribution in [3.8, 4) is 0 Å². The lowest BCUT2D eigenvalue weighted by Crippen LogP contribution is -1.98. The van der Waals surface area contributed by atoms with Gasteiger partial charge in [-0.2, -0.15) is 4.08 Å². The number of hydrogen-bond donors (Lipinski definition) is 0. The zero-order valence-corrected chi connectivity index (χ0v) is 11.2. The molecule has 0 saturated carbocycles. The Hall–Kier alpha value is 0.820. The maximum Gasteiger partial charge on any atom is 0.343 e. The molecule has 0 aromatic carbocycles. The predicted octanol–water partition coefficient (Wildman–Crippen LogP) is 4.01. The van der Waals surface area contributed by atoms with Crippen LogP contribution >= 0.6 is 18.6 Å². The van der Waals surface area contributed by atoms with Crippen LogP contribution in [-0.4, -0.2) is 13.2 Å². The van der Waals surface area contributed by atoms with Crippen molar-refractivity contribution >= 4 is 30.4 Å². The Morgan fingerprint density at radius 1 is 1.07 bits per heavy atom. The highest BCUT2D eigenvalue weighted by atomic mass is 35.5. The molecule has 3 nitrogen and oxygen atoms in total. The Kier molecular flexibility index (Phi) is 9.61. The van der Waals surface area contributed by atoms with Crippen LogP contribution in [0.25, 0.3) is 0 Å². The van der Waals surface area contributed by atoms with Crippen molar-refractivity contribution in [2.24, 2.45) is 0 Å². The molecule has 0 aliphatic heterocycles. The van der Waals surface area contributed by atoms with Gasteiger partial charge in [0.2, 0.25) is 0 Å². The SMILES string of the molecule is CCCCOP(=S)(OCl)OCCCC. The highest BCUT2D eigenvalue weighted by molar-refractivity contribution is 8.07. The van der Waals surface area contributed by atoms with E-state index in [-0.39, 0.29) is 0 Å². The van der Waals surface area contributed by atoms with Crippen molar-refractivity contribution in [1.82, 2.24) is 0 Å². The topological polar surface area (TPSA) is 27.7 Å². The lowest BCUT2D eigenvalue weighted by Gasteiger charge is -2.17. The van der Waals surface area contributed by atoms with Crippen molar-refractivity contribution in [3.05, 3.63) is 0 Å². The monoisotopic (exact) mass is 260 g/mol. The minimum atomic E-state index is -2.66. The van der Waals surface area contributed by atoms with Gasteiger partial charge in [-0.05, 0) is 24.6 Å². The molecule has 0 unspecified atom stereocenters. The highest BCUT2D eigenvalue weighted by Crippen LogP contribution is 2.51. The van der Waals surface area contributed by atoms with Crippen LogP contribution in [0.1, 0.15) is 39.5 Å². The fourth-order valence-electron chi connectivity index (χ4n) is 0.718. The zero-order valence-electron chi connectivity index (χ0n) is 8.70. The molecule has 0 aliphatic rings. The third-order valence-corrected chi connectivity index (χ3v) is 4.39. The molecule has 0 aromatic heterocycles. The van der Waals surface area contributed by atoms with Crippen LogP contribution in [0.3, 0.4) is 0 Å². The average molecular weight is 261 g/mol. The third-order valence-electron chi connectivity index (χ3n) is 1.58. The largest absolute Gasteiger partial charge is 0.343 e. The van der Waals surface area contributed by atoms with Crippen LogP contribution in [0.15, 0.2) is 0 Å². The first kappa shape index (κ1) is 14.8. The van der Waals surface area contributed by atoms with Gasteiger partial charge < -0.3 is 9.05 Å². The van der Waals surface area contributed by atoms with E-state index in [1.165, 1.54) is 0 Å². The van der Waals surface area contributed by atoms with Gasteiger partial charge in [0.1, 0.15) is 0 Å². The summed E-state index contributed by atoms with van der Waals surface area (Å²) in [5.41, 5.74) is 0. The number of halogens is 1. The Morgan fingerprint density at radius 2 is 1.50 bits per heavy atom.